The van der Waals surface area contributed by atoms with Crippen molar-refractivity contribution in [1.29, 1.82) is 0 Å². The number of terminal acetylenes is 1. The summed E-state index contributed by atoms with van der Waals surface area (Å²) in [6, 6.07) is 0. The summed E-state index contributed by atoms with van der Waals surface area (Å²) >= 11 is 0. The third-order valence-corrected chi connectivity index (χ3v) is 3.22. The Labute approximate surface area is 86.0 Å². The Morgan fingerprint density at radius 3 is 2.50 bits per heavy atom. The van der Waals surface area contributed by atoms with Gasteiger partial charge in [-0.3, -0.25) is 0 Å². The zero-order chi connectivity index (χ0) is 10.1. The molecule has 0 aromatic rings. The van der Waals surface area contributed by atoms with Crippen molar-refractivity contribution in [3.63, 3.8) is 0 Å². The van der Waals surface area contributed by atoms with E-state index in [1.165, 1.54) is 19.3 Å². The van der Waals surface area contributed by atoms with Crippen molar-refractivity contribution in [2.24, 2.45) is 0 Å². The highest BCUT2D eigenvalue weighted by Gasteiger charge is 2.42. The van der Waals surface area contributed by atoms with Crippen molar-refractivity contribution in [2.45, 2.75) is 50.2 Å². The van der Waals surface area contributed by atoms with Gasteiger partial charge in [-0.25, -0.2) is 0 Å². The maximum absolute atomic E-state index is 5.89. The molecule has 0 spiro atoms. The van der Waals surface area contributed by atoms with Crippen LogP contribution in [0.4, 0.5) is 0 Å². The number of epoxide rings is 1. The predicted octanol–water partition coefficient (Wildman–Crippen LogP) is 2.13. The van der Waals surface area contributed by atoms with E-state index in [0.29, 0.717) is 6.61 Å². The molecular weight excluding hydrogens is 176 g/mol. The molecule has 0 amide bonds. The summed E-state index contributed by atoms with van der Waals surface area (Å²) in [5.74, 6) is 2.84. The average molecular weight is 194 g/mol. The van der Waals surface area contributed by atoms with Crippen LogP contribution >= 0.6 is 0 Å². The van der Waals surface area contributed by atoms with Crippen LogP contribution in [0.3, 0.4) is 0 Å². The summed E-state index contributed by atoms with van der Waals surface area (Å²) in [7, 11) is 0. The lowest BCUT2D eigenvalue weighted by molar-refractivity contribution is -0.0457. The Morgan fingerprint density at radius 2 is 2.00 bits per heavy atom. The highest BCUT2D eigenvalue weighted by molar-refractivity contribution is 5.10. The van der Waals surface area contributed by atoms with Crippen molar-refractivity contribution in [3.8, 4) is 12.3 Å². The highest BCUT2D eigenvalue weighted by Crippen LogP contribution is 2.34. The molecule has 2 nitrogen and oxygen atoms in total. The van der Waals surface area contributed by atoms with Crippen LogP contribution < -0.4 is 0 Å². The molecule has 0 aromatic carbocycles. The first-order chi connectivity index (χ1) is 6.68. The molecule has 1 saturated carbocycles. The monoisotopic (exact) mass is 194 g/mol. The van der Waals surface area contributed by atoms with Crippen molar-refractivity contribution >= 4 is 0 Å². The van der Waals surface area contributed by atoms with Crippen LogP contribution in [0, 0.1) is 12.3 Å². The number of hydrogen-bond acceptors (Lipinski definition) is 2. The van der Waals surface area contributed by atoms with Gasteiger partial charge in [-0.05, 0) is 32.6 Å². The third kappa shape index (κ3) is 2.10. The van der Waals surface area contributed by atoms with E-state index in [9.17, 15) is 0 Å². The second-order valence-corrected chi connectivity index (χ2v) is 4.73. The Bertz CT molecular complexity index is 242. The van der Waals surface area contributed by atoms with Gasteiger partial charge in [-0.2, -0.15) is 0 Å². The molecule has 2 aliphatic rings. The van der Waals surface area contributed by atoms with Crippen LogP contribution in [0.5, 0.6) is 0 Å². The molecule has 1 unspecified atom stereocenters. The van der Waals surface area contributed by atoms with Crippen LogP contribution in [0.15, 0.2) is 0 Å². The highest BCUT2D eigenvalue weighted by atomic mass is 16.6. The normalized spacial score (nSPS) is 34.9. The fourth-order valence-electron chi connectivity index (χ4n) is 1.95. The van der Waals surface area contributed by atoms with Gasteiger partial charge in [0.2, 0.25) is 0 Å². The van der Waals surface area contributed by atoms with Crippen LogP contribution in [-0.4, -0.2) is 24.4 Å². The van der Waals surface area contributed by atoms with E-state index in [1.807, 2.05) is 0 Å². The van der Waals surface area contributed by atoms with E-state index in [0.717, 1.165) is 19.4 Å². The van der Waals surface area contributed by atoms with Crippen LogP contribution in [-0.2, 0) is 9.47 Å². The maximum Gasteiger partial charge on any atom is 0.128 e. The Hall–Kier alpha value is -0.520. The summed E-state index contributed by atoms with van der Waals surface area (Å²) < 4.78 is 11.2. The first-order valence-corrected chi connectivity index (χ1v) is 5.44. The number of ether oxygens (including phenoxy) is 2. The first-order valence-electron chi connectivity index (χ1n) is 5.44. The predicted molar refractivity (Wildman–Crippen MR) is 55.0 cm³/mol. The molecule has 14 heavy (non-hydrogen) atoms. The largest absolute Gasteiger partial charge is 0.367 e. The second kappa shape index (κ2) is 3.56. The zero-order valence-corrected chi connectivity index (χ0v) is 8.84. The summed E-state index contributed by atoms with van der Waals surface area (Å²) in [6.07, 6.45) is 11.3. The molecule has 1 saturated heterocycles. The molecule has 1 atom stereocenters. The minimum atomic E-state index is -0.285. The molecular formula is C12H18O2. The van der Waals surface area contributed by atoms with E-state index in [1.54, 1.807) is 0 Å². The molecule has 1 aliphatic heterocycles. The minimum absolute atomic E-state index is 0.0404. The summed E-state index contributed by atoms with van der Waals surface area (Å²) in [6.45, 7) is 3.53. The van der Waals surface area contributed by atoms with Crippen molar-refractivity contribution in [3.05, 3.63) is 0 Å². The maximum atomic E-state index is 5.89. The van der Waals surface area contributed by atoms with E-state index in [4.69, 9.17) is 15.9 Å². The molecule has 2 fully saturated rings. The Kier molecular flexibility index (Phi) is 2.55. The summed E-state index contributed by atoms with van der Waals surface area (Å²) in [5, 5.41) is 0. The van der Waals surface area contributed by atoms with Gasteiger partial charge < -0.3 is 9.47 Å². The molecule has 2 heteroatoms. The first kappa shape index (κ1) is 10.0. The second-order valence-electron chi connectivity index (χ2n) is 4.73. The van der Waals surface area contributed by atoms with E-state index in [-0.39, 0.29) is 11.2 Å². The van der Waals surface area contributed by atoms with Crippen molar-refractivity contribution in [2.75, 3.05) is 13.2 Å². The lowest BCUT2D eigenvalue weighted by Gasteiger charge is -2.33. The van der Waals surface area contributed by atoms with Crippen LogP contribution in [0.2, 0.25) is 0 Å². The number of hydrogen-bond donors (Lipinski definition) is 0. The fraction of sp³-hybridized carbons (Fsp3) is 0.833. The smallest absolute Gasteiger partial charge is 0.128 e. The molecule has 0 N–H and O–H groups in total. The third-order valence-electron chi connectivity index (χ3n) is 3.22. The minimum Gasteiger partial charge on any atom is -0.367 e. The molecule has 0 bridgehead atoms. The standard InChI is InChI=1S/C12H18O2/c1-3-12(7-5-4-6-8-12)14-10-11(2)9-13-11/h1H,4-10H2,2H3. The van der Waals surface area contributed by atoms with Gasteiger partial charge >= 0.3 is 0 Å². The van der Waals surface area contributed by atoms with E-state index < -0.39 is 0 Å². The van der Waals surface area contributed by atoms with Gasteiger partial charge in [0.25, 0.3) is 0 Å². The van der Waals surface area contributed by atoms with E-state index >= 15 is 0 Å². The molecule has 1 heterocycles. The zero-order valence-electron chi connectivity index (χ0n) is 8.84. The van der Waals surface area contributed by atoms with Gasteiger partial charge in [-0.15, -0.1) is 6.42 Å². The molecule has 2 rings (SSSR count). The van der Waals surface area contributed by atoms with Gasteiger partial charge in [0.1, 0.15) is 11.2 Å². The van der Waals surface area contributed by atoms with Crippen molar-refractivity contribution < 1.29 is 9.47 Å². The van der Waals surface area contributed by atoms with Crippen LogP contribution in [0.1, 0.15) is 39.0 Å². The molecule has 78 valence electrons. The van der Waals surface area contributed by atoms with Gasteiger partial charge in [-0.1, -0.05) is 12.3 Å². The summed E-state index contributed by atoms with van der Waals surface area (Å²) in [4.78, 5) is 0. The average Bonchev–Trinajstić information content (AvgIpc) is 2.96. The van der Waals surface area contributed by atoms with E-state index in [2.05, 4.69) is 12.8 Å². The quantitative estimate of drug-likeness (QED) is 0.507. The molecule has 0 aromatic heterocycles. The fourth-order valence-corrected chi connectivity index (χ4v) is 1.95. The van der Waals surface area contributed by atoms with Crippen molar-refractivity contribution in [1.82, 2.24) is 0 Å². The number of rotatable bonds is 3. The lowest BCUT2D eigenvalue weighted by atomic mass is 9.85. The van der Waals surface area contributed by atoms with Crippen LogP contribution in [0.25, 0.3) is 0 Å². The molecule has 0 radical (unpaired) electrons. The van der Waals surface area contributed by atoms with Gasteiger partial charge in [0, 0.05) is 0 Å². The van der Waals surface area contributed by atoms with Gasteiger partial charge in [0.05, 0.1) is 13.2 Å². The molecule has 1 aliphatic carbocycles. The Morgan fingerprint density at radius 1 is 1.36 bits per heavy atom. The summed E-state index contributed by atoms with van der Waals surface area (Å²) in [5.41, 5.74) is -0.325. The van der Waals surface area contributed by atoms with Gasteiger partial charge in [0.15, 0.2) is 0 Å². The topological polar surface area (TPSA) is 21.8 Å². The SMILES string of the molecule is C#CC1(OCC2(C)CO2)CCCCC1. The lowest BCUT2D eigenvalue weighted by Crippen LogP contribution is -2.36. The Balaban J connectivity index is 1.88.